The third-order valence-electron chi connectivity index (χ3n) is 6.29. The number of nitriles is 1. The maximum Gasteiger partial charge on any atom is 0.433 e. The van der Waals surface area contributed by atoms with Crippen LogP contribution in [0.4, 0.5) is 18.9 Å². The molecule has 2 heterocycles. The summed E-state index contributed by atoms with van der Waals surface area (Å²) >= 11 is 0. The predicted octanol–water partition coefficient (Wildman–Crippen LogP) is 5.15. The topological polar surface area (TPSA) is 106 Å². The Hall–Kier alpha value is -4.13. The molecule has 0 unspecified atom stereocenters. The first kappa shape index (κ1) is 22.7. The van der Waals surface area contributed by atoms with Crippen LogP contribution in [0.2, 0.25) is 0 Å². The van der Waals surface area contributed by atoms with Gasteiger partial charge in [-0.25, -0.2) is 4.98 Å². The van der Waals surface area contributed by atoms with E-state index in [1.807, 2.05) is 0 Å². The van der Waals surface area contributed by atoms with Gasteiger partial charge in [-0.1, -0.05) is 18.2 Å². The number of hydrogen-bond acceptors (Lipinski definition) is 5. The van der Waals surface area contributed by atoms with Crippen LogP contribution in [0.15, 0.2) is 48.5 Å². The average Bonchev–Trinajstić information content (AvgIpc) is 3.27. The molecule has 35 heavy (non-hydrogen) atoms. The zero-order valence-corrected chi connectivity index (χ0v) is 18.5. The van der Waals surface area contributed by atoms with Crippen molar-refractivity contribution < 1.29 is 18.0 Å². The first-order valence-corrected chi connectivity index (χ1v) is 11.2. The smallest absolute Gasteiger partial charge is 0.382 e. The highest BCUT2D eigenvalue weighted by Gasteiger charge is 2.34. The Kier molecular flexibility index (Phi) is 5.76. The molecule has 10 heteroatoms. The van der Waals surface area contributed by atoms with Gasteiger partial charge in [0.2, 0.25) is 0 Å². The molecule has 0 bridgehead atoms. The number of anilines is 1. The Morgan fingerprint density at radius 3 is 2.66 bits per heavy atom. The number of pyridine rings is 1. The quantitative estimate of drug-likeness (QED) is 0.376. The van der Waals surface area contributed by atoms with E-state index < -0.39 is 11.9 Å². The fourth-order valence-corrected chi connectivity index (χ4v) is 4.62. The van der Waals surface area contributed by atoms with Gasteiger partial charge in [-0.15, -0.1) is 0 Å². The van der Waals surface area contributed by atoms with E-state index in [9.17, 15) is 18.0 Å². The van der Waals surface area contributed by atoms with Crippen molar-refractivity contribution in [2.24, 2.45) is 0 Å². The molecule has 1 aliphatic carbocycles. The van der Waals surface area contributed by atoms with E-state index in [4.69, 9.17) is 5.26 Å². The summed E-state index contributed by atoms with van der Waals surface area (Å²) in [6, 6.07) is 14.5. The van der Waals surface area contributed by atoms with Crippen molar-refractivity contribution in [3.8, 4) is 6.07 Å². The van der Waals surface area contributed by atoms with E-state index in [2.05, 4.69) is 31.9 Å². The van der Waals surface area contributed by atoms with Crippen LogP contribution in [0.25, 0.3) is 21.8 Å². The summed E-state index contributed by atoms with van der Waals surface area (Å²) in [5.41, 5.74) is 1.00. The van der Waals surface area contributed by atoms with E-state index in [-0.39, 0.29) is 29.2 Å². The van der Waals surface area contributed by atoms with Crippen molar-refractivity contribution in [2.45, 2.75) is 43.9 Å². The number of para-hydroxylation sites is 1. The predicted molar refractivity (Wildman–Crippen MR) is 125 cm³/mol. The summed E-state index contributed by atoms with van der Waals surface area (Å²) in [6.07, 6.45) is -1.67. The Labute approximate surface area is 198 Å². The lowest BCUT2D eigenvalue weighted by molar-refractivity contribution is -0.140. The van der Waals surface area contributed by atoms with E-state index in [1.54, 1.807) is 42.5 Å². The first-order chi connectivity index (χ1) is 16.8. The van der Waals surface area contributed by atoms with E-state index in [0.29, 0.717) is 34.0 Å². The fraction of sp³-hybridized carbons (Fsp3) is 0.280. The van der Waals surface area contributed by atoms with Crippen molar-refractivity contribution in [3.63, 3.8) is 0 Å². The van der Waals surface area contributed by atoms with Gasteiger partial charge in [0, 0.05) is 28.5 Å². The van der Waals surface area contributed by atoms with Crippen molar-refractivity contribution >= 4 is 33.4 Å². The third kappa shape index (κ3) is 4.62. The molecule has 0 aliphatic heterocycles. The van der Waals surface area contributed by atoms with Crippen LogP contribution in [-0.4, -0.2) is 33.2 Å². The Morgan fingerprint density at radius 2 is 1.86 bits per heavy atom. The number of hydrogen-bond donors (Lipinski definition) is 3. The van der Waals surface area contributed by atoms with Gasteiger partial charge in [0.25, 0.3) is 5.91 Å². The molecule has 2 aromatic heterocycles. The molecule has 7 nitrogen and oxygen atoms in total. The zero-order chi connectivity index (χ0) is 24.6. The minimum atomic E-state index is -4.55. The number of carbonyl (C=O) groups is 1. The number of H-pyrrole nitrogens is 1. The van der Waals surface area contributed by atoms with Crippen LogP contribution < -0.4 is 10.6 Å². The van der Waals surface area contributed by atoms with Gasteiger partial charge in [-0.3, -0.25) is 9.89 Å². The van der Waals surface area contributed by atoms with E-state index in [0.717, 1.165) is 25.3 Å². The zero-order valence-electron chi connectivity index (χ0n) is 18.5. The molecule has 5 rings (SSSR count). The van der Waals surface area contributed by atoms with Gasteiger partial charge in [-0.05, 0) is 56.0 Å². The molecule has 1 saturated carbocycles. The number of carbonyl (C=O) groups excluding carboxylic acids is 1. The normalized spacial score (nSPS) is 18.3. The molecule has 1 amide bonds. The maximum absolute atomic E-state index is 13.4. The molecule has 2 atom stereocenters. The lowest BCUT2D eigenvalue weighted by Crippen LogP contribution is -2.42. The fourth-order valence-electron chi connectivity index (χ4n) is 4.62. The van der Waals surface area contributed by atoms with Gasteiger partial charge in [0.15, 0.2) is 0 Å². The van der Waals surface area contributed by atoms with Gasteiger partial charge >= 0.3 is 6.18 Å². The lowest BCUT2D eigenvalue weighted by Gasteiger charge is -2.31. The Morgan fingerprint density at radius 1 is 1.06 bits per heavy atom. The Bertz CT molecular complexity index is 1460. The van der Waals surface area contributed by atoms with Crippen molar-refractivity contribution in [3.05, 3.63) is 65.5 Å². The Balaban J connectivity index is 1.34. The average molecular weight is 478 g/mol. The molecule has 178 valence electrons. The number of benzene rings is 2. The van der Waals surface area contributed by atoms with Crippen molar-refractivity contribution in [1.82, 2.24) is 20.5 Å². The molecule has 3 N–H and O–H groups in total. The number of halogens is 3. The molecular weight excluding hydrogens is 457 g/mol. The third-order valence-corrected chi connectivity index (χ3v) is 6.29. The van der Waals surface area contributed by atoms with E-state index >= 15 is 0 Å². The summed E-state index contributed by atoms with van der Waals surface area (Å²) in [4.78, 5) is 16.7. The van der Waals surface area contributed by atoms with Gasteiger partial charge in [0.1, 0.15) is 11.4 Å². The number of aromatic amines is 1. The molecule has 1 aliphatic rings. The number of aromatic nitrogens is 3. The monoisotopic (exact) mass is 478 g/mol. The second kappa shape index (κ2) is 8.91. The van der Waals surface area contributed by atoms with Crippen LogP contribution >= 0.6 is 0 Å². The first-order valence-electron chi connectivity index (χ1n) is 11.2. The summed E-state index contributed by atoms with van der Waals surface area (Å²) in [5, 5.41) is 23.5. The molecular formula is C25H21F3N6O. The lowest BCUT2D eigenvalue weighted by atomic mass is 9.90. The van der Waals surface area contributed by atoms with Crippen LogP contribution in [0, 0.1) is 11.3 Å². The van der Waals surface area contributed by atoms with E-state index in [1.165, 1.54) is 0 Å². The minimum absolute atomic E-state index is 0.121. The van der Waals surface area contributed by atoms with Crippen molar-refractivity contribution in [1.29, 1.82) is 5.26 Å². The molecule has 2 aromatic carbocycles. The molecule has 0 saturated heterocycles. The molecule has 4 aromatic rings. The molecule has 0 spiro atoms. The summed E-state index contributed by atoms with van der Waals surface area (Å²) in [5.74, 6) is -0.332. The largest absolute Gasteiger partial charge is 0.433 e. The second-order valence-electron chi connectivity index (χ2n) is 8.69. The minimum Gasteiger partial charge on any atom is -0.382 e. The maximum atomic E-state index is 13.4. The number of rotatable bonds is 4. The number of fused-ring (bicyclic) bond motifs is 2. The number of nitrogens with one attached hydrogen (secondary N) is 3. The SMILES string of the molecule is N#Cc1ccc2n[nH]c(C(=O)N[C@@H]3CCC[C@H](Nc4cc(C(F)(F)F)nc5ccccc45)C3)c2c1. The summed E-state index contributed by atoms with van der Waals surface area (Å²) < 4.78 is 40.2. The van der Waals surface area contributed by atoms with Gasteiger partial charge in [-0.2, -0.15) is 23.5 Å². The highest BCUT2D eigenvalue weighted by atomic mass is 19.4. The van der Waals surface area contributed by atoms with Crippen LogP contribution in [0.1, 0.15) is 47.4 Å². The highest BCUT2D eigenvalue weighted by molar-refractivity contribution is 6.05. The van der Waals surface area contributed by atoms with Crippen LogP contribution in [-0.2, 0) is 6.18 Å². The highest BCUT2D eigenvalue weighted by Crippen LogP contribution is 2.34. The van der Waals surface area contributed by atoms with Gasteiger partial charge in [0.05, 0.1) is 22.7 Å². The standard InChI is InChI=1S/C25H21F3N6O/c26-25(27,28)22-12-21(17-6-1-2-7-19(17)32-22)30-15-4-3-5-16(11-15)31-24(35)23-18-10-14(13-29)8-9-20(18)33-34-23/h1-2,6-10,12,15-16H,3-5,11H2,(H,30,32)(H,31,35)(H,33,34)/t15-,16+/m0/s1. The number of alkyl halides is 3. The van der Waals surface area contributed by atoms with Gasteiger partial charge < -0.3 is 10.6 Å². The second-order valence-corrected chi connectivity index (χ2v) is 8.69. The van der Waals surface area contributed by atoms with Crippen molar-refractivity contribution in [2.75, 3.05) is 5.32 Å². The number of amides is 1. The van der Waals surface area contributed by atoms with Crippen LogP contribution in [0.5, 0.6) is 0 Å². The molecule has 1 fully saturated rings. The van der Waals surface area contributed by atoms with Crippen LogP contribution in [0.3, 0.4) is 0 Å². The number of nitrogens with zero attached hydrogens (tertiary/aromatic N) is 3. The summed E-state index contributed by atoms with van der Waals surface area (Å²) in [7, 11) is 0. The molecule has 0 radical (unpaired) electrons. The summed E-state index contributed by atoms with van der Waals surface area (Å²) in [6.45, 7) is 0.